The Morgan fingerprint density at radius 1 is 1.40 bits per heavy atom. The van der Waals surface area contributed by atoms with Crippen LogP contribution < -0.4 is 10.1 Å². The highest BCUT2D eigenvalue weighted by molar-refractivity contribution is 5.77. The van der Waals surface area contributed by atoms with Gasteiger partial charge in [-0.2, -0.15) is 0 Å². The van der Waals surface area contributed by atoms with Gasteiger partial charge in [0.2, 0.25) is 0 Å². The van der Waals surface area contributed by atoms with E-state index in [-0.39, 0.29) is 30.6 Å². The minimum Gasteiger partial charge on any atom is -0.504 e. The Morgan fingerprint density at radius 2 is 2.10 bits per heavy atom. The molecule has 1 rings (SSSR count). The van der Waals surface area contributed by atoms with Crippen molar-refractivity contribution < 1.29 is 24.5 Å². The highest BCUT2D eigenvalue weighted by atomic mass is 16.5. The van der Waals surface area contributed by atoms with Crippen LogP contribution in [0.2, 0.25) is 0 Å². The molecule has 1 atom stereocenters. The summed E-state index contributed by atoms with van der Waals surface area (Å²) in [4.78, 5) is 11.6. The van der Waals surface area contributed by atoms with Crippen molar-refractivity contribution in [3.05, 3.63) is 24.3 Å². The third-order valence-corrected chi connectivity index (χ3v) is 2.74. The number of phenols is 1. The van der Waals surface area contributed by atoms with Gasteiger partial charge in [0.1, 0.15) is 0 Å². The number of rotatable bonds is 8. The Kier molecular flexibility index (Phi) is 6.27. The van der Waals surface area contributed by atoms with Crippen LogP contribution in [0.1, 0.15) is 13.3 Å². The molecular formula is C14H21NO5. The molecule has 1 unspecified atom stereocenters. The number of phenolic OH excluding ortho intramolecular Hbond substituents is 1. The number of methoxy groups -OCH3 is 1. The lowest BCUT2D eigenvalue weighted by Crippen LogP contribution is -2.42. The predicted molar refractivity (Wildman–Crippen MR) is 73.7 cm³/mol. The molecular weight excluding hydrogens is 262 g/mol. The van der Waals surface area contributed by atoms with E-state index in [1.165, 1.54) is 6.07 Å². The quantitative estimate of drug-likeness (QED) is 0.653. The van der Waals surface area contributed by atoms with Crippen molar-refractivity contribution >= 4 is 5.91 Å². The summed E-state index contributed by atoms with van der Waals surface area (Å²) in [5.41, 5.74) is -1.03. The first-order chi connectivity index (χ1) is 9.44. The van der Waals surface area contributed by atoms with Crippen molar-refractivity contribution in [2.45, 2.75) is 18.9 Å². The maximum absolute atomic E-state index is 11.6. The molecule has 3 N–H and O–H groups in total. The Hall–Kier alpha value is -1.79. The van der Waals surface area contributed by atoms with E-state index in [1.807, 2.05) is 0 Å². The molecule has 0 fully saturated rings. The first-order valence-electron chi connectivity index (χ1n) is 6.33. The van der Waals surface area contributed by atoms with Gasteiger partial charge in [-0.1, -0.05) is 12.1 Å². The third kappa shape index (κ3) is 5.90. The van der Waals surface area contributed by atoms with Crippen molar-refractivity contribution in [2.75, 3.05) is 26.9 Å². The van der Waals surface area contributed by atoms with Crippen LogP contribution in [-0.4, -0.2) is 48.6 Å². The van der Waals surface area contributed by atoms with E-state index in [2.05, 4.69) is 5.32 Å². The summed E-state index contributed by atoms with van der Waals surface area (Å²) >= 11 is 0. The van der Waals surface area contributed by atoms with Gasteiger partial charge < -0.3 is 25.0 Å². The van der Waals surface area contributed by atoms with E-state index in [4.69, 9.17) is 9.47 Å². The van der Waals surface area contributed by atoms with E-state index in [1.54, 1.807) is 32.2 Å². The molecule has 0 heterocycles. The molecule has 0 radical (unpaired) electrons. The van der Waals surface area contributed by atoms with Crippen LogP contribution >= 0.6 is 0 Å². The van der Waals surface area contributed by atoms with Crippen molar-refractivity contribution in [2.24, 2.45) is 0 Å². The lowest BCUT2D eigenvalue weighted by atomic mass is 10.0. The molecule has 1 aromatic rings. The number of nitrogens with one attached hydrogen (secondary N) is 1. The van der Waals surface area contributed by atoms with Crippen LogP contribution in [0.25, 0.3) is 0 Å². The largest absolute Gasteiger partial charge is 0.504 e. The first-order valence-corrected chi connectivity index (χ1v) is 6.33. The monoisotopic (exact) mass is 283 g/mol. The molecule has 0 aliphatic carbocycles. The number of carbonyl (C=O) groups is 1. The smallest absolute Gasteiger partial charge is 0.258 e. The van der Waals surface area contributed by atoms with Crippen LogP contribution in [0.4, 0.5) is 0 Å². The second-order valence-corrected chi connectivity index (χ2v) is 4.77. The summed E-state index contributed by atoms with van der Waals surface area (Å²) in [6.45, 7) is 1.92. The second-order valence-electron chi connectivity index (χ2n) is 4.77. The van der Waals surface area contributed by atoms with Crippen molar-refractivity contribution in [3.63, 3.8) is 0 Å². The number of para-hydroxylation sites is 2. The SMILES string of the molecule is COCCC(C)(O)CNC(=O)COc1ccccc1O. The predicted octanol–water partition coefficient (Wildman–Crippen LogP) is 0.675. The number of hydrogen-bond donors (Lipinski definition) is 3. The van der Waals surface area contributed by atoms with Gasteiger partial charge in [0, 0.05) is 26.7 Å². The van der Waals surface area contributed by atoms with E-state index in [9.17, 15) is 15.0 Å². The summed E-state index contributed by atoms with van der Waals surface area (Å²) < 4.78 is 10.1. The highest BCUT2D eigenvalue weighted by Crippen LogP contribution is 2.23. The van der Waals surface area contributed by atoms with Crippen LogP contribution in [-0.2, 0) is 9.53 Å². The topological polar surface area (TPSA) is 88.0 Å². The summed E-state index contributed by atoms with van der Waals surface area (Å²) in [5, 5.41) is 22.0. The minimum absolute atomic E-state index is 0.0209. The summed E-state index contributed by atoms with van der Waals surface area (Å²) in [7, 11) is 1.55. The Bertz CT molecular complexity index is 433. The molecule has 0 bridgehead atoms. The number of hydrogen-bond acceptors (Lipinski definition) is 5. The van der Waals surface area contributed by atoms with Crippen molar-refractivity contribution in [1.82, 2.24) is 5.32 Å². The fraction of sp³-hybridized carbons (Fsp3) is 0.500. The molecule has 1 amide bonds. The van der Waals surface area contributed by atoms with Gasteiger partial charge in [-0.05, 0) is 19.1 Å². The molecule has 1 aromatic carbocycles. The fourth-order valence-electron chi connectivity index (χ4n) is 1.47. The average Bonchev–Trinajstić information content (AvgIpc) is 2.42. The number of carbonyl (C=O) groups excluding carboxylic acids is 1. The molecule has 6 heteroatoms. The standard InChI is InChI=1S/C14H21NO5/c1-14(18,7-8-19-2)10-15-13(17)9-20-12-6-4-3-5-11(12)16/h3-6,16,18H,7-10H2,1-2H3,(H,15,17). The van der Waals surface area contributed by atoms with Gasteiger partial charge >= 0.3 is 0 Å². The van der Waals surface area contributed by atoms with Crippen LogP contribution in [0, 0.1) is 0 Å². The molecule has 0 aliphatic heterocycles. The van der Waals surface area contributed by atoms with Gasteiger partial charge in [0.25, 0.3) is 5.91 Å². The van der Waals surface area contributed by atoms with Gasteiger partial charge in [-0.3, -0.25) is 4.79 Å². The molecule has 0 saturated carbocycles. The number of benzene rings is 1. The van der Waals surface area contributed by atoms with Crippen LogP contribution in [0.15, 0.2) is 24.3 Å². The zero-order valence-corrected chi connectivity index (χ0v) is 11.8. The lowest BCUT2D eigenvalue weighted by molar-refractivity contribution is -0.124. The van der Waals surface area contributed by atoms with E-state index in [0.717, 1.165) is 0 Å². The maximum Gasteiger partial charge on any atom is 0.258 e. The Balaban J connectivity index is 2.32. The second kappa shape index (κ2) is 7.72. The molecule has 20 heavy (non-hydrogen) atoms. The first kappa shape index (κ1) is 16.3. The van der Waals surface area contributed by atoms with Gasteiger partial charge in [0.05, 0.1) is 5.60 Å². The molecule has 0 aliphatic rings. The fourth-order valence-corrected chi connectivity index (χ4v) is 1.47. The number of amides is 1. The van der Waals surface area contributed by atoms with Gasteiger partial charge in [0.15, 0.2) is 18.1 Å². The van der Waals surface area contributed by atoms with Crippen molar-refractivity contribution in [3.8, 4) is 11.5 Å². The summed E-state index contributed by atoms with van der Waals surface area (Å²) in [6, 6.07) is 6.40. The summed E-state index contributed by atoms with van der Waals surface area (Å²) in [5.74, 6) is -0.146. The maximum atomic E-state index is 11.6. The summed E-state index contributed by atoms with van der Waals surface area (Å²) in [6.07, 6.45) is 0.421. The number of ether oxygens (including phenoxy) is 2. The van der Waals surface area contributed by atoms with E-state index >= 15 is 0 Å². The molecule has 6 nitrogen and oxygen atoms in total. The van der Waals surface area contributed by atoms with E-state index in [0.29, 0.717) is 13.0 Å². The normalized spacial score (nSPS) is 13.6. The molecule has 0 aromatic heterocycles. The number of aliphatic hydroxyl groups is 1. The minimum atomic E-state index is -1.03. The van der Waals surface area contributed by atoms with Crippen LogP contribution in [0.5, 0.6) is 11.5 Å². The van der Waals surface area contributed by atoms with Gasteiger partial charge in [-0.15, -0.1) is 0 Å². The third-order valence-electron chi connectivity index (χ3n) is 2.74. The van der Waals surface area contributed by atoms with E-state index < -0.39 is 5.60 Å². The zero-order valence-electron chi connectivity index (χ0n) is 11.8. The highest BCUT2D eigenvalue weighted by Gasteiger charge is 2.20. The molecule has 0 saturated heterocycles. The molecule has 112 valence electrons. The van der Waals surface area contributed by atoms with Crippen LogP contribution in [0.3, 0.4) is 0 Å². The lowest BCUT2D eigenvalue weighted by Gasteiger charge is -2.23. The van der Waals surface area contributed by atoms with Crippen molar-refractivity contribution in [1.29, 1.82) is 0 Å². The Labute approximate surface area is 118 Å². The van der Waals surface area contributed by atoms with Gasteiger partial charge in [-0.25, -0.2) is 0 Å². The molecule has 0 spiro atoms. The zero-order chi connectivity index (χ0) is 15.0. The number of aromatic hydroxyl groups is 1. The average molecular weight is 283 g/mol. The Morgan fingerprint density at radius 3 is 2.75 bits per heavy atom.